The number of nitrogens with zero attached hydrogens (tertiary/aromatic N) is 6. The Bertz CT molecular complexity index is 2050. The van der Waals surface area contributed by atoms with Gasteiger partial charge >= 0.3 is 12.2 Å². The van der Waals surface area contributed by atoms with Gasteiger partial charge in [-0.3, -0.25) is 4.79 Å². The summed E-state index contributed by atoms with van der Waals surface area (Å²) in [5.41, 5.74) is 2.20. The van der Waals surface area contributed by atoms with Crippen LogP contribution in [0.2, 0.25) is 5.02 Å². The summed E-state index contributed by atoms with van der Waals surface area (Å²) in [6.07, 6.45) is 0.813. The van der Waals surface area contributed by atoms with Crippen LogP contribution in [0.1, 0.15) is 48.7 Å². The van der Waals surface area contributed by atoms with Gasteiger partial charge in [0.25, 0.3) is 5.91 Å². The third-order valence-corrected chi connectivity index (χ3v) is 11.3. The monoisotopic (exact) mass is 748 g/mol. The maximum atomic E-state index is 16.8. The van der Waals surface area contributed by atoms with Gasteiger partial charge in [-0.05, 0) is 63.9 Å². The molecular formula is C34H34ClF5N8O2S. The number of hydrogen-bond donors (Lipinski definition) is 2. The van der Waals surface area contributed by atoms with Gasteiger partial charge in [-0.25, -0.2) is 18.7 Å². The van der Waals surface area contributed by atoms with Gasteiger partial charge in [0.1, 0.15) is 28.8 Å². The van der Waals surface area contributed by atoms with Crippen LogP contribution in [0, 0.1) is 18.2 Å². The number of aryl methyl sites for hydroxylation is 1. The number of nitrogens with one attached hydrogen (secondary N) is 1. The maximum Gasteiger partial charge on any atom is 0.418 e. The van der Waals surface area contributed by atoms with E-state index < -0.39 is 58.0 Å². The van der Waals surface area contributed by atoms with E-state index in [1.807, 2.05) is 18.9 Å². The number of carbonyl (C=O) groups excluding carboxylic acids is 1. The minimum absolute atomic E-state index is 0.0563. The summed E-state index contributed by atoms with van der Waals surface area (Å²) in [6.45, 7) is 4.59. The fourth-order valence-electron chi connectivity index (χ4n) is 7.73. The van der Waals surface area contributed by atoms with Crippen molar-refractivity contribution in [3.8, 4) is 17.3 Å². The van der Waals surface area contributed by atoms with E-state index in [9.17, 15) is 22.4 Å². The maximum absolute atomic E-state index is 16.8. The number of likely N-dealkylation sites (N-methyl/N-ethyl adjacent to an activating group) is 1. The Balaban J connectivity index is 1.33. The Hall–Kier alpha value is -4.15. The van der Waals surface area contributed by atoms with Gasteiger partial charge in [0.05, 0.1) is 33.9 Å². The molecule has 3 fully saturated rings. The zero-order valence-electron chi connectivity index (χ0n) is 27.8. The molecule has 3 aromatic heterocycles. The van der Waals surface area contributed by atoms with Gasteiger partial charge in [0.2, 0.25) is 0 Å². The number of ether oxygens (including phenoxy) is 1. The van der Waals surface area contributed by atoms with Gasteiger partial charge in [-0.2, -0.15) is 23.1 Å². The van der Waals surface area contributed by atoms with Gasteiger partial charge < -0.3 is 25.6 Å². The van der Waals surface area contributed by atoms with Crippen LogP contribution >= 0.6 is 22.9 Å². The van der Waals surface area contributed by atoms with Crippen LogP contribution < -0.4 is 20.7 Å². The van der Waals surface area contributed by atoms with Crippen LogP contribution in [-0.4, -0.2) is 75.6 Å². The molecule has 0 unspecified atom stereocenters. The summed E-state index contributed by atoms with van der Waals surface area (Å²) in [5, 5.41) is 4.63. The highest BCUT2D eigenvalue weighted by Crippen LogP contribution is 2.51. The predicted molar refractivity (Wildman–Crippen MR) is 185 cm³/mol. The fourth-order valence-corrected chi connectivity index (χ4v) is 8.57. The van der Waals surface area contributed by atoms with Crippen molar-refractivity contribution in [2.75, 3.05) is 37.4 Å². The first kappa shape index (κ1) is 35.3. The summed E-state index contributed by atoms with van der Waals surface area (Å²) in [4.78, 5) is 34.0. The topological polar surface area (TPSA) is 122 Å². The Morgan fingerprint density at radius 3 is 2.73 bits per heavy atom. The van der Waals surface area contributed by atoms with Crippen molar-refractivity contribution in [2.24, 2.45) is 5.41 Å². The number of nitrogens with two attached hydrogens (primary N) is 1. The lowest BCUT2D eigenvalue weighted by Gasteiger charge is -2.31. The zero-order valence-corrected chi connectivity index (χ0v) is 29.4. The summed E-state index contributed by atoms with van der Waals surface area (Å²) >= 11 is 7.83. The first-order valence-corrected chi connectivity index (χ1v) is 17.6. The number of thiazole rings is 1. The summed E-state index contributed by atoms with van der Waals surface area (Å²) in [7, 11) is 1.96. The van der Waals surface area contributed by atoms with Gasteiger partial charge in [0.15, 0.2) is 11.6 Å². The molecule has 1 saturated carbocycles. The highest BCUT2D eigenvalue weighted by molar-refractivity contribution is 7.10. The van der Waals surface area contributed by atoms with E-state index in [-0.39, 0.29) is 51.8 Å². The van der Waals surface area contributed by atoms with Gasteiger partial charge in [-0.15, -0.1) is 11.3 Å². The number of hydrogen-bond acceptors (Lipinski definition) is 10. The largest absolute Gasteiger partial charge is 0.462 e. The number of alkyl halides is 3. The van der Waals surface area contributed by atoms with Crippen LogP contribution in [0.3, 0.4) is 0 Å². The predicted octanol–water partition coefficient (Wildman–Crippen LogP) is 6.81. The second-order valence-electron chi connectivity index (χ2n) is 13.6. The first-order valence-electron chi connectivity index (χ1n) is 16.4. The number of amides is 1. The molecule has 270 valence electrons. The van der Waals surface area contributed by atoms with E-state index in [1.54, 1.807) is 5.38 Å². The number of benzene rings is 1. The van der Waals surface area contributed by atoms with Crippen LogP contribution in [0.4, 0.5) is 33.6 Å². The molecule has 3 N–H and O–H groups in total. The number of piperidine rings is 1. The first-order chi connectivity index (χ1) is 24.1. The van der Waals surface area contributed by atoms with Crippen LogP contribution in [0.5, 0.6) is 6.01 Å². The number of pyridine rings is 1. The molecule has 4 aromatic rings. The number of rotatable bonds is 8. The Morgan fingerprint density at radius 2 is 2.04 bits per heavy atom. The molecule has 1 amide bonds. The van der Waals surface area contributed by atoms with E-state index >= 15 is 4.39 Å². The molecule has 51 heavy (non-hydrogen) atoms. The summed E-state index contributed by atoms with van der Waals surface area (Å²) in [6, 6.07) is 1.34. The molecule has 1 aliphatic carbocycles. The molecule has 10 nitrogen and oxygen atoms in total. The van der Waals surface area contributed by atoms with Crippen LogP contribution in [0.15, 0.2) is 29.5 Å². The number of likely N-dealkylation sites (tertiary alicyclic amines) is 1. The fraction of sp³-hybridized carbons (Fsp3) is 0.441. The average molecular weight is 749 g/mol. The van der Waals surface area contributed by atoms with Crippen molar-refractivity contribution in [3.05, 3.63) is 56.5 Å². The summed E-state index contributed by atoms with van der Waals surface area (Å²) < 4.78 is 80.9. The van der Waals surface area contributed by atoms with Crippen molar-refractivity contribution >= 4 is 57.5 Å². The lowest BCUT2D eigenvalue weighted by Crippen LogP contribution is -2.46. The van der Waals surface area contributed by atoms with E-state index in [1.165, 1.54) is 30.5 Å². The Kier molecular flexibility index (Phi) is 9.07. The SMILES string of the molecule is Cc1cc(N)nc(-c2c(Cl)cc3c(N4C[C@@]5(C)CC[C@@H]4[C@@H]5NC(=O)/C(F)=C/c4nccs4)nc(OC[C@@H]4CCCN4C)nc3c2F)c1C(F)(F)F. The molecular weight excluding hydrogens is 715 g/mol. The third kappa shape index (κ3) is 6.46. The lowest BCUT2D eigenvalue weighted by molar-refractivity contribution is -0.137. The van der Waals surface area contributed by atoms with Crippen molar-refractivity contribution in [1.29, 1.82) is 0 Å². The van der Waals surface area contributed by atoms with Gasteiger partial charge in [0, 0.05) is 41.0 Å². The molecule has 4 atom stereocenters. The normalized spacial score (nSPS) is 23.8. The minimum Gasteiger partial charge on any atom is -0.462 e. The van der Waals surface area contributed by atoms with Crippen molar-refractivity contribution in [3.63, 3.8) is 0 Å². The number of carbonyl (C=O) groups is 1. The second kappa shape index (κ2) is 13.1. The zero-order chi connectivity index (χ0) is 36.4. The molecule has 2 saturated heterocycles. The highest BCUT2D eigenvalue weighted by Gasteiger charge is 2.56. The molecule has 5 heterocycles. The number of aromatic nitrogens is 4. The molecule has 2 aliphatic heterocycles. The number of fused-ring (bicyclic) bond motifs is 3. The van der Waals surface area contributed by atoms with Crippen molar-refractivity contribution in [2.45, 2.75) is 63.8 Å². The van der Waals surface area contributed by atoms with Crippen molar-refractivity contribution < 1.29 is 31.5 Å². The lowest BCUT2D eigenvalue weighted by atomic mass is 9.86. The molecule has 17 heteroatoms. The summed E-state index contributed by atoms with van der Waals surface area (Å²) in [5.74, 6) is -3.05. The van der Waals surface area contributed by atoms with Crippen LogP contribution in [-0.2, 0) is 11.0 Å². The van der Waals surface area contributed by atoms with E-state index in [0.29, 0.717) is 24.4 Å². The smallest absolute Gasteiger partial charge is 0.418 e. The number of anilines is 2. The second-order valence-corrected chi connectivity index (χ2v) is 15.0. The molecule has 2 bridgehead atoms. The van der Waals surface area contributed by atoms with E-state index in [2.05, 4.69) is 25.2 Å². The standard InChI is InChI=1S/C34H34ClF5N8O2S/c1-16-11-22(41)43-28(25(16)34(38,39)40)24-19(35)12-18-27(26(24)37)44-32(50-14-17-5-4-9-47(17)3)46-30(18)48-15-33(2)7-6-21(48)29(33)45-31(49)20(36)13-23-42-8-10-51-23/h8,10-13,17,21,29H,4-7,9,14-15H2,1-3H3,(H2,41,43)(H,45,49)/b20-13-/t17-,21+,29-,33+/m0/s1. The van der Waals surface area contributed by atoms with Crippen LogP contribution in [0.25, 0.3) is 28.2 Å². The molecule has 7 rings (SSSR count). The molecule has 3 aliphatic rings. The number of halogens is 6. The van der Waals surface area contributed by atoms with E-state index in [4.69, 9.17) is 27.1 Å². The Morgan fingerprint density at radius 1 is 1.25 bits per heavy atom. The average Bonchev–Trinajstić information content (AvgIpc) is 3.83. The quantitative estimate of drug-likeness (QED) is 0.148. The molecule has 0 spiro atoms. The van der Waals surface area contributed by atoms with E-state index in [0.717, 1.165) is 31.5 Å². The third-order valence-electron chi connectivity index (χ3n) is 10.2. The van der Waals surface area contributed by atoms with Gasteiger partial charge in [-0.1, -0.05) is 18.5 Å². The highest BCUT2D eigenvalue weighted by atomic mass is 35.5. The van der Waals surface area contributed by atoms with Crippen molar-refractivity contribution in [1.82, 2.24) is 30.2 Å². The minimum atomic E-state index is -4.90. The molecule has 1 aromatic carbocycles. The number of nitrogen functional groups attached to an aromatic ring is 1. The Labute approximate surface area is 298 Å². The molecule has 0 radical (unpaired) electrons.